The smallest absolute Gasteiger partial charge is 0.276 e. The van der Waals surface area contributed by atoms with E-state index in [-0.39, 0.29) is 11.5 Å². The van der Waals surface area contributed by atoms with Crippen molar-refractivity contribution in [2.45, 2.75) is 25.4 Å². The highest BCUT2D eigenvalue weighted by molar-refractivity contribution is 5.94. The number of amides is 1. The van der Waals surface area contributed by atoms with Crippen molar-refractivity contribution < 1.29 is 4.79 Å². The number of hydrogen-bond acceptors (Lipinski definition) is 3. The maximum Gasteiger partial charge on any atom is 0.276 e. The Kier molecular flexibility index (Phi) is 3.57. The van der Waals surface area contributed by atoms with Crippen LogP contribution in [0, 0.1) is 0 Å². The van der Waals surface area contributed by atoms with Crippen molar-refractivity contribution in [2.75, 3.05) is 0 Å². The zero-order valence-corrected chi connectivity index (χ0v) is 14.6. The monoisotopic (exact) mass is 358 g/mol. The summed E-state index contributed by atoms with van der Waals surface area (Å²) in [6, 6.07) is 15.2. The number of rotatable bonds is 4. The van der Waals surface area contributed by atoms with E-state index >= 15 is 0 Å². The lowest BCUT2D eigenvalue weighted by atomic mass is 10.1. The van der Waals surface area contributed by atoms with Crippen LogP contribution in [0.2, 0.25) is 0 Å². The number of hydrogen-bond donors (Lipinski definition) is 1. The van der Waals surface area contributed by atoms with E-state index in [0.717, 1.165) is 23.9 Å². The fourth-order valence-electron chi connectivity index (χ4n) is 3.37. The minimum absolute atomic E-state index is 0.0389. The van der Waals surface area contributed by atoms with Crippen molar-refractivity contribution in [3.8, 4) is 0 Å². The van der Waals surface area contributed by atoms with Crippen molar-refractivity contribution in [3.05, 3.63) is 82.4 Å². The summed E-state index contributed by atoms with van der Waals surface area (Å²) in [5.41, 5.74) is 3.66. The zero-order chi connectivity index (χ0) is 18.4. The molecule has 1 aliphatic rings. The lowest BCUT2D eigenvalue weighted by Gasteiger charge is -2.12. The van der Waals surface area contributed by atoms with Gasteiger partial charge in [-0.1, -0.05) is 12.1 Å². The minimum atomic E-state index is -0.0817. The first-order chi connectivity index (χ1) is 13.2. The van der Waals surface area contributed by atoms with Crippen molar-refractivity contribution in [1.82, 2.24) is 19.3 Å². The molecule has 6 heteroatoms. The predicted molar refractivity (Wildman–Crippen MR) is 103 cm³/mol. The van der Waals surface area contributed by atoms with Gasteiger partial charge in [0.15, 0.2) is 5.65 Å². The maximum absolute atomic E-state index is 12.9. The second-order valence-corrected chi connectivity index (χ2v) is 6.95. The van der Waals surface area contributed by atoms with Crippen molar-refractivity contribution >= 4 is 22.6 Å². The molecule has 0 atom stereocenters. The Morgan fingerprint density at radius 2 is 1.85 bits per heavy atom. The topological polar surface area (TPSA) is 68.4 Å². The summed E-state index contributed by atoms with van der Waals surface area (Å²) in [4.78, 5) is 29.5. The van der Waals surface area contributed by atoms with E-state index in [4.69, 9.17) is 0 Å². The van der Waals surface area contributed by atoms with Gasteiger partial charge in [-0.05, 0) is 54.8 Å². The minimum Gasteiger partial charge on any atom is -0.349 e. The number of pyridine rings is 1. The second-order valence-electron chi connectivity index (χ2n) is 6.95. The molecule has 1 amide bonds. The Morgan fingerprint density at radius 3 is 2.63 bits per heavy atom. The van der Waals surface area contributed by atoms with Crippen LogP contribution in [0.25, 0.3) is 16.7 Å². The molecule has 1 aromatic carbocycles. The first-order valence-corrected chi connectivity index (χ1v) is 9.05. The van der Waals surface area contributed by atoms with Crippen LogP contribution in [-0.4, -0.2) is 25.9 Å². The lowest BCUT2D eigenvalue weighted by Crippen LogP contribution is -2.25. The summed E-state index contributed by atoms with van der Waals surface area (Å²) in [5.74, 6) is -0.0389. The van der Waals surface area contributed by atoms with E-state index in [9.17, 15) is 9.59 Å². The summed E-state index contributed by atoms with van der Waals surface area (Å²) in [6.07, 6.45) is 5.70. The third-order valence-corrected chi connectivity index (χ3v) is 4.96. The van der Waals surface area contributed by atoms with Gasteiger partial charge < -0.3 is 9.72 Å². The molecule has 0 unspecified atom stereocenters. The third-order valence-electron chi connectivity index (χ3n) is 4.96. The highest BCUT2D eigenvalue weighted by Gasteiger charge is 2.23. The van der Waals surface area contributed by atoms with E-state index in [2.05, 4.69) is 10.3 Å². The lowest BCUT2D eigenvalue weighted by molar-refractivity contribution is 0.0951. The molecule has 134 valence electrons. The van der Waals surface area contributed by atoms with Crippen LogP contribution in [0.4, 0.5) is 0 Å². The van der Waals surface area contributed by atoms with Crippen LogP contribution in [0.15, 0.2) is 65.7 Å². The molecule has 6 nitrogen and oxygen atoms in total. The van der Waals surface area contributed by atoms with Crippen LogP contribution >= 0.6 is 0 Å². The summed E-state index contributed by atoms with van der Waals surface area (Å²) >= 11 is 0. The Bertz CT molecular complexity index is 1220. The van der Waals surface area contributed by atoms with Gasteiger partial charge >= 0.3 is 0 Å². The van der Waals surface area contributed by atoms with Crippen molar-refractivity contribution in [2.24, 2.45) is 0 Å². The standard InChI is InChI=1S/C21H18N4O2/c26-20(23-16-9-10-16)15-7-5-14(6-8-15)13-25-19-17(3-1-11-22-19)24-12-2-4-18(24)21(25)27/h1-8,11-12,16H,9-10,13H2,(H,23,26). The molecular formula is C21H18N4O2. The molecule has 4 aromatic rings. The van der Waals surface area contributed by atoms with Gasteiger partial charge in [0.05, 0.1) is 12.1 Å². The fraction of sp³-hybridized carbons (Fsp3) is 0.190. The van der Waals surface area contributed by atoms with Crippen molar-refractivity contribution in [1.29, 1.82) is 0 Å². The van der Waals surface area contributed by atoms with Gasteiger partial charge in [-0.25, -0.2) is 4.98 Å². The quantitative estimate of drug-likeness (QED) is 0.610. The Hall–Kier alpha value is -3.41. The average Bonchev–Trinajstić information content (AvgIpc) is 3.37. The summed E-state index contributed by atoms with van der Waals surface area (Å²) < 4.78 is 3.55. The largest absolute Gasteiger partial charge is 0.349 e. The average molecular weight is 358 g/mol. The van der Waals surface area contributed by atoms with Crippen LogP contribution < -0.4 is 10.9 Å². The molecule has 1 aliphatic carbocycles. The maximum atomic E-state index is 12.9. The normalized spacial score (nSPS) is 13.9. The highest BCUT2D eigenvalue weighted by Crippen LogP contribution is 2.19. The number of carbonyl (C=O) groups excluding carboxylic acids is 1. The summed E-state index contributed by atoms with van der Waals surface area (Å²) in [6.45, 7) is 0.401. The van der Waals surface area contributed by atoms with E-state index in [1.54, 1.807) is 10.8 Å². The molecule has 3 heterocycles. The highest BCUT2D eigenvalue weighted by atomic mass is 16.1. The number of carbonyl (C=O) groups is 1. The van der Waals surface area contributed by atoms with Crippen molar-refractivity contribution in [3.63, 3.8) is 0 Å². The molecule has 0 spiro atoms. The molecule has 0 aliphatic heterocycles. The molecule has 3 aromatic heterocycles. The first kappa shape index (κ1) is 15.8. The van der Waals surface area contributed by atoms with Crippen LogP contribution in [0.1, 0.15) is 28.8 Å². The van der Waals surface area contributed by atoms with Crippen LogP contribution in [0.3, 0.4) is 0 Å². The van der Waals surface area contributed by atoms with E-state index in [1.165, 1.54) is 0 Å². The Morgan fingerprint density at radius 1 is 1.07 bits per heavy atom. The fourth-order valence-corrected chi connectivity index (χ4v) is 3.37. The Balaban J connectivity index is 1.53. The predicted octanol–water partition coefficient (Wildman–Crippen LogP) is 2.59. The van der Waals surface area contributed by atoms with E-state index in [0.29, 0.717) is 29.3 Å². The number of benzene rings is 1. The zero-order valence-electron chi connectivity index (χ0n) is 14.6. The molecule has 5 rings (SSSR count). The molecule has 0 bridgehead atoms. The van der Waals surface area contributed by atoms with E-state index in [1.807, 2.05) is 59.1 Å². The first-order valence-electron chi connectivity index (χ1n) is 9.05. The number of fused-ring (bicyclic) bond motifs is 3. The molecule has 1 fully saturated rings. The van der Waals surface area contributed by atoms with Gasteiger partial charge in [0.25, 0.3) is 11.5 Å². The number of aromatic nitrogens is 3. The van der Waals surface area contributed by atoms with Gasteiger partial charge in [-0.3, -0.25) is 14.2 Å². The van der Waals surface area contributed by atoms with E-state index < -0.39 is 0 Å². The second kappa shape index (κ2) is 6.09. The van der Waals surface area contributed by atoms with Gasteiger partial charge in [0.2, 0.25) is 0 Å². The molecule has 0 radical (unpaired) electrons. The summed E-state index contributed by atoms with van der Waals surface area (Å²) in [7, 11) is 0. The van der Waals surface area contributed by atoms with Crippen LogP contribution in [-0.2, 0) is 6.54 Å². The molecule has 1 saturated carbocycles. The summed E-state index contributed by atoms with van der Waals surface area (Å²) in [5, 5.41) is 2.98. The molecular weight excluding hydrogens is 340 g/mol. The Labute approximate surface area is 155 Å². The number of nitrogens with zero attached hydrogens (tertiary/aromatic N) is 3. The molecule has 1 N–H and O–H groups in total. The van der Waals surface area contributed by atoms with Gasteiger partial charge in [0, 0.05) is 24.0 Å². The van der Waals surface area contributed by atoms with Crippen LogP contribution in [0.5, 0.6) is 0 Å². The molecule has 0 saturated heterocycles. The number of nitrogens with one attached hydrogen (secondary N) is 1. The van der Waals surface area contributed by atoms with Gasteiger partial charge in [0.1, 0.15) is 5.52 Å². The third kappa shape index (κ3) is 2.79. The molecule has 27 heavy (non-hydrogen) atoms. The van der Waals surface area contributed by atoms with Gasteiger partial charge in [-0.15, -0.1) is 0 Å². The van der Waals surface area contributed by atoms with Gasteiger partial charge in [-0.2, -0.15) is 0 Å². The SMILES string of the molecule is O=C(NC1CC1)c1ccc(Cn2c(=O)c3cccn3c3cccnc32)cc1.